The van der Waals surface area contributed by atoms with Crippen LogP contribution in [0.2, 0.25) is 0 Å². The predicted molar refractivity (Wildman–Crippen MR) is 136 cm³/mol. The van der Waals surface area contributed by atoms with Gasteiger partial charge in [0.2, 0.25) is 5.95 Å². The van der Waals surface area contributed by atoms with Crippen molar-refractivity contribution in [3.63, 3.8) is 0 Å². The minimum Gasteiger partial charge on any atom is -0.495 e. The van der Waals surface area contributed by atoms with E-state index >= 15 is 0 Å². The lowest BCUT2D eigenvalue weighted by Crippen LogP contribution is -2.31. The predicted octanol–water partition coefficient (Wildman–Crippen LogP) is 3.55. The normalized spacial score (nSPS) is 14.6. The molecule has 2 heterocycles. The Morgan fingerprint density at radius 3 is 2.64 bits per heavy atom. The highest BCUT2D eigenvalue weighted by Crippen LogP contribution is 2.39. The molecule has 190 valence electrons. The monoisotopic (exact) mass is 493 g/mol. The number of carbonyl (C=O) groups is 1. The molecule has 1 aromatic heterocycles. The summed E-state index contributed by atoms with van der Waals surface area (Å²) in [5, 5.41) is 20.1. The number of amides is 1. The summed E-state index contributed by atoms with van der Waals surface area (Å²) < 4.78 is 18.4. The number of aryl methyl sites for hydroxylation is 1. The molecule has 2 aromatic carbocycles. The molecule has 0 spiro atoms. The molecule has 1 aliphatic heterocycles. The Hall–Kier alpha value is -4.05. The maximum atomic E-state index is 13.7. The first-order valence-corrected chi connectivity index (χ1v) is 11.8. The van der Waals surface area contributed by atoms with Crippen LogP contribution >= 0.6 is 0 Å². The zero-order chi connectivity index (χ0) is 25.7. The van der Waals surface area contributed by atoms with Gasteiger partial charge in [-0.2, -0.15) is 10.1 Å². The number of hydrogen-bond acceptors (Lipinski definition) is 8. The van der Waals surface area contributed by atoms with Gasteiger partial charge in [0.15, 0.2) is 17.3 Å². The first-order valence-electron chi connectivity index (χ1n) is 11.8. The SMILES string of the molecule is CCOc1ccc(C2C(C(=O)Nc3ccccc3OC)=C(C)Nc3nc(CCCO)nn32)cc1OC. The van der Waals surface area contributed by atoms with Crippen LogP contribution < -0.4 is 24.8 Å². The third-order valence-corrected chi connectivity index (χ3v) is 5.86. The van der Waals surface area contributed by atoms with Crippen LogP contribution in [-0.2, 0) is 11.2 Å². The van der Waals surface area contributed by atoms with E-state index in [-0.39, 0.29) is 12.5 Å². The summed E-state index contributed by atoms with van der Waals surface area (Å²) in [6, 6.07) is 12.2. The van der Waals surface area contributed by atoms with Crippen LogP contribution in [0.4, 0.5) is 11.6 Å². The average molecular weight is 494 g/mol. The molecule has 1 unspecified atom stereocenters. The number of para-hydroxylation sites is 2. The molecule has 1 atom stereocenters. The van der Waals surface area contributed by atoms with E-state index in [0.717, 1.165) is 5.56 Å². The van der Waals surface area contributed by atoms with E-state index in [2.05, 4.69) is 20.7 Å². The minimum atomic E-state index is -0.587. The summed E-state index contributed by atoms with van der Waals surface area (Å²) in [6.07, 6.45) is 1.05. The number of benzene rings is 2. The van der Waals surface area contributed by atoms with Gasteiger partial charge in [-0.1, -0.05) is 18.2 Å². The van der Waals surface area contributed by atoms with Crippen LogP contribution in [0, 0.1) is 0 Å². The highest BCUT2D eigenvalue weighted by Gasteiger charge is 2.35. The van der Waals surface area contributed by atoms with Crippen molar-refractivity contribution in [1.29, 1.82) is 0 Å². The lowest BCUT2D eigenvalue weighted by Gasteiger charge is -2.29. The zero-order valence-corrected chi connectivity index (χ0v) is 20.9. The molecule has 0 bridgehead atoms. The summed E-state index contributed by atoms with van der Waals surface area (Å²) in [5.41, 5.74) is 2.45. The Morgan fingerprint density at radius 1 is 1.14 bits per heavy atom. The van der Waals surface area contributed by atoms with Gasteiger partial charge in [-0.15, -0.1) is 0 Å². The molecule has 3 aromatic rings. The second kappa shape index (κ2) is 11.1. The van der Waals surface area contributed by atoms with Crippen molar-refractivity contribution < 1.29 is 24.1 Å². The minimum absolute atomic E-state index is 0.0423. The Balaban J connectivity index is 1.80. The van der Waals surface area contributed by atoms with Gasteiger partial charge in [0.25, 0.3) is 5.91 Å². The molecule has 36 heavy (non-hydrogen) atoms. The van der Waals surface area contributed by atoms with Gasteiger partial charge < -0.3 is 30.0 Å². The van der Waals surface area contributed by atoms with Crippen molar-refractivity contribution in [2.24, 2.45) is 0 Å². The fourth-order valence-corrected chi connectivity index (χ4v) is 4.21. The van der Waals surface area contributed by atoms with Gasteiger partial charge in [-0.05, 0) is 50.1 Å². The zero-order valence-electron chi connectivity index (χ0n) is 20.9. The number of methoxy groups -OCH3 is 2. The van der Waals surface area contributed by atoms with Crippen LogP contribution in [0.3, 0.4) is 0 Å². The van der Waals surface area contributed by atoms with Crippen LogP contribution in [0.15, 0.2) is 53.7 Å². The summed E-state index contributed by atoms with van der Waals surface area (Å²) >= 11 is 0. The number of nitrogens with zero attached hydrogens (tertiary/aromatic N) is 3. The Morgan fingerprint density at radius 2 is 1.92 bits per heavy atom. The quantitative estimate of drug-likeness (QED) is 0.392. The summed E-state index contributed by atoms with van der Waals surface area (Å²) in [5.74, 6) is 2.51. The standard InChI is InChI=1S/C26H31N5O5/c1-5-36-20-13-12-17(15-21(20)35-4)24-23(25(33)28-18-9-6-7-10-19(18)34-3)16(2)27-26-29-22(11-8-14-32)30-31(24)26/h6-7,9-10,12-13,15,24,32H,5,8,11,14H2,1-4H3,(H,28,33)(H,27,29,30). The molecule has 1 aliphatic rings. The number of nitrogens with one attached hydrogen (secondary N) is 2. The van der Waals surface area contributed by atoms with Crippen molar-refractivity contribution in [2.45, 2.75) is 32.7 Å². The van der Waals surface area contributed by atoms with E-state index in [1.165, 1.54) is 0 Å². The second-order valence-electron chi connectivity index (χ2n) is 8.19. The van der Waals surface area contributed by atoms with Gasteiger partial charge in [0, 0.05) is 18.7 Å². The van der Waals surface area contributed by atoms with Gasteiger partial charge in [0.1, 0.15) is 11.8 Å². The van der Waals surface area contributed by atoms with Gasteiger partial charge in [-0.25, -0.2) is 4.68 Å². The van der Waals surface area contributed by atoms with Crippen LogP contribution in [0.25, 0.3) is 0 Å². The summed E-state index contributed by atoms with van der Waals surface area (Å²) in [6.45, 7) is 4.28. The number of aromatic nitrogens is 3. The maximum Gasteiger partial charge on any atom is 0.255 e. The van der Waals surface area contributed by atoms with Crippen molar-refractivity contribution in [3.05, 3.63) is 65.1 Å². The summed E-state index contributed by atoms with van der Waals surface area (Å²) in [4.78, 5) is 18.3. The van der Waals surface area contributed by atoms with Crippen molar-refractivity contribution in [3.8, 4) is 17.2 Å². The van der Waals surface area contributed by atoms with Crippen LogP contribution in [-0.4, -0.2) is 53.2 Å². The van der Waals surface area contributed by atoms with Crippen LogP contribution in [0.1, 0.15) is 37.7 Å². The van der Waals surface area contributed by atoms with Gasteiger partial charge in [-0.3, -0.25) is 4.79 Å². The molecule has 0 fully saturated rings. The molecule has 4 rings (SSSR count). The number of allylic oxidation sites excluding steroid dienone is 1. The van der Waals surface area contributed by atoms with E-state index in [1.807, 2.05) is 44.2 Å². The maximum absolute atomic E-state index is 13.7. The molecule has 0 radical (unpaired) electrons. The van der Waals surface area contributed by atoms with E-state index in [0.29, 0.717) is 65.4 Å². The molecule has 10 heteroatoms. The number of aliphatic hydroxyl groups excluding tert-OH is 1. The van der Waals surface area contributed by atoms with Gasteiger partial charge >= 0.3 is 0 Å². The van der Waals surface area contributed by atoms with Crippen LogP contribution in [0.5, 0.6) is 17.2 Å². The Labute approximate surface area is 209 Å². The molecule has 0 saturated carbocycles. The third kappa shape index (κ3) is 4.99. The van der Waals surface area contributed by atoms with Crippen molar-refractivity contribution in [2.75, 3.05) is 38.1 Å². The lowest BCUT2D eigenvalue weighted by molar-refractivity contribution is -0.113. The van der Waals surface area contributed by atoms with Crippen molar-refractivity contribution in [1.82, 2.24) is 14.8 Å². The highest BCUT2D eigenvalue weighted by atomic mass is 16.5. The second-order valence-corrected chi connectivity index (χ2v) is 8.19. The molecule has 0 aliphatic carbocycles. The van der Waals surface area contributed by atoms with Crippen molar-refractivity contribution >= 4 is 17.5 Å². The summed E-state index contributed by atoms with van der Waals surface area (Å²) in [7, 11) is 3.14. The first kappa shape index (κ1) is 25.1. The number of rotatable bonds is 10. The highest BCUT2D eigenvalue weighted by molar-refractivity contribution is 6.06. The first-order chi connectivity index (χ1) is 17.5. The number of fused-ring (bicyclic) bond motifs is 1. The Bertz CT molecular complexity index is 1270. The fourth-order valence-electron chi connectivity index (χ4n) is 4.21. The third-order valence-electron chi connectivity index (χ3n) is 5.86. The lowest BCUT2D eigenvalue weighted by atomic mass is 9.94. The topological polar surface area (TPSA) is 120 Å². The Kier molecular flexibility index (Phi) is 7.74. The van der Waals surface area contributed by atoms with E-state index < -0.39 is 6.04 Å². The number of anilines is 2. The number of carbonyl (C=O) groups excluding carboxylic acids is 1. The molecular formula is C26H31N5O5. The molecule has 10 nitrogen and oxygen atoms in total. The van der Waals surface area contributed by atoms with E-state index in [9.17, 15) is 9.90 Å². The number of aliphatic hydroxyl groups is 1. The fraction of sp³-hybridized carbons (Fsp3) is 0.346. The van der Waals surface area contributed by atoms with E-state index in [1.54, 1.807) is 31.0 Å². The van der Waals surface area contributed by atoms with Gasteiger partial charge in [0.05, 0.1) is 32.1 Å². The number of hydrogen-bond donors (Lipinski definition) is 3. The molecule has 0 saturated heterocycles. The molecular weight excluding hydrogens is 462 g/mol. The largest absolute Gasteiger partial charge is 0.495 e. The number of ether oxygens (including phenoxy) is 3. The smallest absolute Gasteiger partial charge is 0.255 e. The molecule has 1 amide bonds. The molecule has 3 N–H and O–H groups in total. The average Bonchev–Trinajstić information content (AvgIpc) is 3.29. The van der Waals surface area contributed by atoms with E-state index in [4.69, 9.17) is 14.2 Å².